The van der Waals surface area contributed by atoms with Gasteiger partial charge in [0.25, 0.3) is 15.7 Å². The molecule has 26 heteroatoms. The molecular weight excluding hydrogens is 1030 g/mol. The van der Waals surface area contributed by atoms with Gasteiger partial charge in [0.15, 0.2) is 39.2 Å². The van der Waals surface area contributed by atoms with Crippen molar-refractivity contribution >= 4 is 96.7 Å². The van der Waals surface area contributed by atoms with Crippen LogP contribution in [0.4, 0.5) is 17.6 Å². The number of ether oxygens (including phenoxy) is 3. The molecule has 2 heterocycles. The number of rotatable bonds is 11. The van der Waals surface area contributed by atoms with E-state index in [-0.39, 0.29) is 33.7 Å². The Labute approximate surface area is 358 Å². The molecule has 0 fully saturated rings. The number of hydrogen-bond donors (Lipinski definition) is 1. The van der Waals surface area contributed by atoms with Crippen molar-refractivity contribution in [3.63, 3.8) is 0 Å². The zero-order valence-electron chi connectivity index (χ0n) is 30.6. The second kappa shape index (κ2) is 20.5. The Balaban J connectivity index is 0.000000245. The van der Waals surface area contributed by atoms with Gasteiger partial charge < -0.3 is 14.2 Å². The van der Waals surface area contributed by atoms with Crippen molar-refractivity contribution in [2.24, 2.45) is 0 Å². The number of aryl methyl sites for hydroxylation is 1. The summed E-state index contributed by atoms with van der Waals surface area (Å²) in [6.45, 7) is 0.521. The summed E-state index contributed by atoms with van der Waals surface area (Å²) in [5.74, 6) is -5.76. The van der Waals surface area contributed by atoms with E-state index in [4.69, 9.17) is 8.92 Å². The van der Waals surface area contributed by atoms with E-state index in [1.807, 2.05) is 6.92 Å². The Kier molecular flexibility index (Phi) is 17.1. The molecule has 0 atom stereocenters. The van der Waals surface area contributed by atoms with Crippen LogP contribution in [-0.4, -0.2) is 72.7 Å². The van der Waals surface area contributed by atoms with Crippen molar-refractivity contribution in [3.8, 4) is 5.88 Å². The summed E-state index contributed by atoms with van der Waals surface area (Å²) in [4.78, 5) is 33.9. The van der Waals surface area contributed by atoms with Crippen LogP contribution in [0.15, 0.2) is 75.6 Å². The maximum absolute atomic E-state index is 13.8. The van der Waals surface area contributed by atoms with Gasteiger partial charge in [-0.2, -0.15) is 12.8 Å². The van der Waals surface area contributed by atoms with Gasteiger partial charge in [-0.3, -0.25) is 13.4 Å². The van der Waals surface area contributed by atoms with Crippen molar-refractivity contribution < 1.29 is 70.8 Å². The molecule has 59 heavy (non-hydrogen) atoms. The number of nitrogens with zero attached hydrogens (tertiary/aromatic N) is 1. The molecule has 3 aromatic carbocycles. The van der Waals surface area contributed by atoms with Gasteiger partial charge >= 0.3 is 11.9 Å². The number of hydrogen-bond acceptors (Lipinski definition) is 16. The summed E-state index contributed by atoms with van der Waals surface area (Å²) in [7, 11) is -9.26. The molecule has 2 aromatic heterocycles. The first kappa shape index (κ1) is 49.3. The van der Waals surface area contributed by atoms with Crippen molar-refractivity contribution in [2.75, 3.05) is 26.7 Å². The predicted molar refractivity (Wildman–Crippen MR) is 212 cm³/mol. The van der Waals surface area contributed by atoms with E-state index in [0.717, 1.165) is 56.6 Å². The molecule has 0 radical (unpaired) electrons. The minimum Gasteiger partial charge on any atom is -0.471 e. The summed E-state index contributed by atoms with van der Waals surface area (Å²) >= 11 is 7.01. The predicted octanol–water partition coefficient (Wildman–Crippen LogP) is 6.52. The van der Waals surface area contributed by atoms with Crippen LogP contribution in [0, 0.1) is 30.2 Å². The lowest BCUT2D eigenvalue weighted by atomic mass is 10.2. The number of carbonyl (C=O) groups is 2. The smallest absolute Gasteiger partial charge is 0.345 e. The fourth-order valence-corrected chi connectivity index (χ4v) is 9.47. The average Bonchev–Trinajstić information content (AvgIpc) is 3.75. The fraction of sp³-hybridized carbons (Fsp3) is 0.212. The minimum absolute atomic E-state index is 0.0639. The average molecular weight is 1060 g/mol. The molecule has 0 bridgehead atoms. The van der Waals surface area contributed by atoms with E-state index in [9.17, 15) is 57.2 Å². The van der Waals surface area contributed by atoms with E-state index in [1.54, 1.807) is 12.1 Å². The number of nitrogens with one attached hydrogen (secondary N) is 1. The number of H-pyrrole nitrogens is 1. The Bertz CT molecular complexity index is 2710. The number of sulfone groups is 2. The molecular formula is C33H28Br2F4N2O13S5. The highest BCUT2D eigenvalue weighted by Crippen LogP contribution is 2.32. The van der Waals surface area contributed by atoms with Crippen LogP contribution in [0.5, 0.6) is 5.88 Å². The van der Waals surface area contributed by atoms with E-state index < -0.39 is 100 Å². The van der Waals surface area contributed by atoms with Gasteiger partial charge in [-0.05, 0) is 66.4 Å². The standard InChI is InChI=1S/C14H11BrF2O3S.C13H10BrF2NO5S2.C6H7NO5S2/c1-9-2-4-11(5-3-9)21(18,19)20-8-12-13(16)6-10(15)7-14(12)17;1-21-12(18)10-11(17-23-13(10)24(2,19)20)22-5-7-8(15)3-6(14)4-9(7)16;1-12-5(9)3-4(8)7-13-6(3)14(2,10)11/h2-7H,8H2,1H3;3-4H,5H2,1-2H3;1-2H3,(H,7,8). The number of benzene rings is 3. The number of aromatic amines is 1. The maximum Gasteiger partial charge on any atom is 0.345 e. The van der Waals surface area contributed by atoms with Crippen LogP contribution in [0.2, 0.25) is 0 Å². The Morgan fingerprint density at radius 1 is 0.729 bits per heavy atom. The van der Waals surface area contributed by atoms with E-state index in [2.05, 4.69) is 50.1 Å². The van der Waals surface area contributed by atoms with Gasteiger partial charge in [-0.25, -0.2) is 44.0 Å². The van der Waals surface area contributed by atoms with Gasteiger partial charge in [0.05, 0.1) is 36.8 Å². The minimum atomic E-state index is -4.06. The van der Waals surface area contributed by atoms with Gasteiger partial charge in [-0.1, -0.05) is 49.6 Å². The summed E-state index contributed by atoms with van der Waals surface area (Å²) in [6.07, 6.45) is 1.81. The zero-order chi connectivity index (χ0) is 44.6. The van der Waals surface area contributed by atoms with Gasteiger partial charge in [0, 0.05) is 21.5 Å². The monoisotopic (exact) mass is 1050 g/mol. The molecule has 320 valence electrons. The highest BCUT2D eigenvalue weighted by molar-refractivity contribution is 9.10. The first-order valence-electron chi connectivity index (χ1n) is 15.5. The molecule has 1 N–H and O–H groups in total. The fourth-order valence-electron chi connectivity index (χ4n) is 4.18. The van der Waals surface area contributed by atoms with Crippen molar-refractivity contribution in [1.29, 1.82) is 0 Å². The number of methoxy groups -OCH3 is 2. The highest BCUT2D eigenvalue weighted by atomic mass is 79.9. The maximum atomic E-state index is 13.8. The molecule has 15 nitrogen and oxygen atoms in total. The van der Waals surface area contributed by atoms with Crippen LogP contribution in [0.3, 0.4) is 0 Å². The van der Waals surface area contributed by atoms with E-state index >= 15 is 0 Å². The van der Waals surface area contributed by atoms with Crippen LogP contribution in [-0.2, 0) is 56.7 Å². The Morgan fingerprint density at radius 3 is 1.61 bits per heavy atom. The summed E-state index contributed by atoms with van der Waals surface area (Å²) < 4.78 is 149. The molecule has 5 rings (SSSR count). The highest BCUT2D eigenvalue weighted by Gasteiger charge is 2.30. The third-order valence-electron chi connectivity index (χ3n) is 6.98. The lowest BCUT2D eigenvalue weighted by molar-refractivity contribution is 0.0584. The Morgan fingerprint density at radius 2 is 1.17 bits per heavy atom. The molecule has 0 aliphatic heterocycles. The molecule has 0 aliphatic rings. The lowest BCUT2D eigenvalue weighted by Gasteiger charge is -2.08. The van der Waals surface area contributed by atoms with Crippen LogP contribution < -0.4 is 10.3 Å². The third kappa shape index (κ3) is 13.2. The number of aromatic nitrogens is 2. The van der Waals surface area contributed by atoms with Gasteiger partial charge in [-0.15, -0.1) is 0 Å². The van der Waals surface area contributed by atoms with E-state index in [0.29, 0.717) is 23.1 Å². The second-order valence-electron chi connectivity index (χ2n) is 11.4. The van der Waals surface area contributed by atoms with Gasteiger partial charge in [0.2, 0.25) is 5.88 Å². The second-order valence-corrected chi connectivity index (χ2v) is 20.8. The van der Waals surface area contributed by atoms with Crippen LogP contribution >= 0.6 is 54.9 Å². The summed E-state index contributed by atoms with van der Waals surface area (Å²) in [5.41, 5.74) is -1.54. The van der Waals surface area contributed by atoms with Crippen molar-refractivity contribution in [2.45, 2.75) is 33.5 Å². The molecule has 0 aliphatic carbocycles. The van der Waals surface area contributed by atoms with Crippen molar-refractivity contribution in [1.82, 2.24) is 8.75 Å². The van der Waals surface area contributed by atoms with Gasteiger partial charge in [0.1, 0.15) is 29.9 Å². The summed E-state index contributed by atoms with van der Waals surface area (Å²) in [5, 5.41) is 0. The lowest BCUT2D eigenvalue weighted by Crippen LogP contribution is -2.16. The molecule has 0 spiro atoms. The van der Waals surface area contributed by atoms with Crippen LogP contribution in [0.25, 0.3) is 0 Å². The van der Waals surface area contributed by atoms with Crippen LogP contribution in [0.1, 0.15) is 37.4 Å². The quantitative estimate of drug-likeness (QED) is 0.0846. The summed E-state index contributed by atoms with van der Waals surface area (Å²) in [6, 6.07) is 10.1. The molecule has 0 amide bonds. The number of esters is 2. The molecule has 0 unspecified atom stereocenters. The zero-order valence-corrected chi connectivity index (χ0v) is 37.9. The normalized spacial score (nSPS) is 11.4. The number of carbonyl (C=O) groups excluding carboxylic acids is 2. The molecule has 5 aromatic rings. The Hall–Kier alpha value is -4.05. The number of halogens is 6. The topological polar surface area (TPSA) is 219 Å². The molecule has 0 saturated carbocycles. The third-order valence-corrected chi connectivity index (χ3v) is 14.5. The SMILES string of the molecule is COC(=O)c1c(OCc2c(F)cc(Br)cc2F)nsc1S(C)(=O)=O.COC(=O)c1c(S(C)(=O)=O)s[nH]c1=O.Cc1ccc(S(=O)(=O)OCc2c(F)cc(Br)cc2F)cc1. The first-order valence-corrected chi connectivity index (χ1v) is 23.8. The van der Waals surface area contributed by atoms with Crippen molar-refractivity contribution in [3.05, 3.63) is 119 Å². The van der Waals surface area contributed by atoms with E-state index in [1.165, 1.54) is 12.1 Å². The first-order chi connectivity index (χ1) is 27.3. The molecule has 0 saturated heterocycles. The largest absolute Gasteiger partial charge is 0.471 e.